The van der Waals surface area contributed by atoms with E-state index in [0.717, 1.165) is 23.1 Å². The first-order valence-corrected chi connectivity index (χ1v) is 4.59. The van der Waals surface area contributed by atoms with E-state index in [4.69, 9.17) is 5.73 Å². The summed E-state index contributed by atoms with van der Waals surface area (Å²) in [4.78, 5) is 0. The molecular weight excluding hydrogens is 309 g/mol. The van der Waals surface area contributed by atoms with E-state index in [1.165, 1.54) is 0 Å². The first-order chi connectivity index (χ1) is 5.84. The largest absolute Gasteiger partial charge is 0.677 e. The topological polar surface area (TPSA) is 66.6 Å². The number of hydrogen-bond acceptors (Lipinski definition) is 1. The summed E-state index contributed by atoms with van der Waals surface area (Å²) in [6.45, 7) is 1.86. The number of rotatable bonds is 5. The zero-order valence-corrected chi connectivity index (χ0v) is 11.7. The Morgan fingerprint density at radius 1 is 1.62 bits per heavy atom. The monoisotopic (exact) mass is 319 g/mol. The molecule has 2 N–H and O–H groups in total. The molecule has 0 aliphatic heterocycles. The van der Waals surface area contributed by atoms with Crippen LogP contribution in [0, 0.1) is 0 Å². The van der Waals surface area contributed by atoms with Crippen LogP contribution in [0.2, 0.25) is 0 Å². The van der Waals surface area contributed by atoms with Gasteiger partial charge in [0.15, 0.2) is 0 Å². The SMILES string of the molecule is [NH-]CCC[N-]Cc1[nH]ncc1Br.[Y]. The molecule has 13 heavy (non-hydrogen) atoms. The van der Waals surface area contributed by atoms with Crippen molar-refractivity contribution in [2.75, 3.05) is 13.1 Å². The molecule has 0 spiro atoms. The van der Waals surface area contributed by atoms with Crippen LogP contribution in [-0.4, -0.2) is 23.3 Å². The van der Waals surface area contributed by atoms with Crippen LogP contribution in [-0.2, 0) is 39.3 Å². The van der Waals surface area contributed by atoms with Crippen LogP contribution in [0.1, 0.15) is 12.1 Å². The molecule has 0 unspecified atom stereocenters. The number of hydrogen-bond donors (Lipinski definition) is 1. The summed E-state index contributed by atoms with van der Waals surface area (Å²) in [5.74, 6) is 0. The molecule has 4 nitrogen and oxygen atoms in total. The van der Waals surface area contributed by atoms with Crippen molar-refractivity contribution in [2.24, 2.45) is 0 Å². The zero-order chi connectivity index (χ0) is 8.81. The number of nitrogens with zero attached hydrogens (tertiary/aromatic N) is 2. The maximum absolute atomic E-state index is 6.91. The Morgan fingerprint density at radius 2 is 2.38 bits per heavy atom. The molecule has 0 saturated carbocycles. The number of aromatic amines is 1. The summed E-state index contributed by atoms with van der Waals surface area (Å²) >= 11 is 3.34. The van der Waals surface area contributed by atoms with E-state index in [-0.39, 0.29) is 32.7 Å². The summed E-state index contributed by atoms with van der Waals surface area (Å²) in [6, 6.07) is 0. The molecule has 1 aromatic rings. The van der Waals surface area contributed by atoms with E-state index in [9.17, 15) is 0 Å². The van der Waals surface area contributed by atoms with Gasteiger partial charge in [0.25, 0.3) is 0 Å². The summed E-state index contributed by atoms with van der Waals surface area (Å²) < 4.78 is 0.970. The molecule has 0 fully saturated rings. The molecule has 0 atom stereocenters. The van der Waals surface area contributed by atoms with E-state index in [1.807, 2.05) is 0 Å². The molecular formula is C7H11BrN4Y-2. The fraction of sp³-hybridized carbons (Fsp3) is 0.571. The minimum absolute atomic E-state index is 0. The molecule has 0 aliphatic carbocycles. The molecule has 0 bridgehead atoms. The van der Waals surface area contributed by atoms with Crippen LogP contribution in [0.25, 0.3) is 11.1 Å². The molecule has 1 heterocycles. The van der Waals surface area contributed by atoms with Gasteiger partial charge in [0.1, 0.15) is 0 Å². The Hall–Kier alpha value is 0.714. The number of aromatic nitrogens is 2. The maximum atomic E-state index is 6.91. The van der Waals surface area contributed by atoms with Gasteiger partial charge in [-0.25, -0.2) is 0 Å². The van der Waals surface area contributed by atoms with Crippen molar-refractivity contribution < 1.29 is 32.7 Å². The smallest absolute Gasteiger partial charge is 0.0631 e. The van der Waals surface area contributed by atoms with E-state index in [0.29, 0.717) is 13.1 Å². The van der Waals surface area contributed by atoms with Crippen LogP contribution in [0.5, 0.6) is 0 Å². The third-order valence-corrected chi connectivity index (χ3v) is 2.11. The third kappa shape index (κ3) is 5.22. The standard InChI is InChI=1S/C7H11BrN4.Y/c8-6-4-11-12-7(6)5-10-3-1-2-9;/h4,9H,1-3,5H2,(H,11,12);/q-2;. The molecule has 71 valence electrons. The quantitative estimate of drug-likeness (QED) is 0.832. The average Bonchev–Trinajstić information content (AvgIpc) is 2.46. The molecule has 0 amide bonds. The van der Waals surface area contributed by atoms with Gasteiger partial charge in [-0.2, -0.15) is 18.2 Å². The second-order valence-electron chi connectivity index (χ2n) is 2.41. The van der Waals surface area contributed by atoms with E-state index >= 15 is 0 Å². The minimum Gasteiger partial charge on any atom is -0.677 e. The van der Waals surface area contributed by atoms with Gasteiger partial charge in [0.2, 0.25) is 0 Å². The second kappa shape index (κ2) is 8.06. The van der Waals surface area contributed by atoms with Crippen molar-refractivity contribution in [3.05, 3.63) is 27.4 Å². The van der Waals surface area contributed by atoms with Crippen LogP contribution in [0.4, 0.5) is 0 Å². The molecule has 6 heteroatoms. The van der Waals surface area contributed by atoms with Crippen molar-refractivity contribution in [1.82, 2.24) is 10.2 Å². The van der Waals surface area contributed by atoms with Crippen molar-refractivity contribution in [2.45, 2.75) is 13.0 Å². The number of nitrogens with one attached hydrogen (secondary N) is 2. The molecule has 1 rings (SSSR count). The van der Waals surface area contributed by atoms with Gasteiger partial charge in [-0.05, 0) is 15.9 Å². The van der Waals surface area contributed by atoms with Gasteiger partial charge in [-0.15, -0.1) is 6.54 Å². The van der Waals surface area contributed by atoms with Crippen LogP contribution < -0.4 is 0 Å². The van der Waals surface area contributed by atoms with Gasteiger partial charge in [-0.3, -0.25) is 5.10 Å². The average molecular weight is 320 g/mol. The summed E-state index contributed by atoms with van der Waals surface area (Å²) in [6.07, 6.45) is 2.56. The van der Waals surface area contributed by atoms with Gasteiger partial charge in [0, 0.05) is 38.4 Å². The normalized spacial score (nSPS) is 9.69. The number of H-pyrrole nitrogens is 1. The van der Waals surface area contributed by atoms with Crippen molar-refractivity contribution >= 4 is 15.9 Å². The zero-order valence-electron chi connectivity index (χ0n) is 7.26. The van der Waals surface area contributed by atoms with Gasteiger partial charge >= 0.3 is 0 Å². The summed E-state index contributed by atoms with van der Waals surface area (Å²) in [5.41, 5.74) is 7.91. The van der Waals surface area contributed by atoms with Crippen LogP contribution in [0.3, 0.4) is 0 Å². The Balaban J connectivity index is 0.00000144. The van der Waals surface area contributed by atoms with Gasteiger partial charge in [0.05, 0.1) is 10.7 Å². The minimum atomic E-state index is 0. The molecule has 0 aromatic carbocycles. The first-order valence-electron chi connectivity index (χ1n) is 3.80. The summed E-state index contributed by atoms with van der Waals surface area (Å²) in [7, 11) is 0. The molecule has 0 aliphatic rings. The Labute approximate surface area is 111 Å². The van der Waals surface area contributed by atoms with Crippen LogP contribution >= 0.6 is 15.9 Å². The van der Waals surface area contributed by atoms with Crippen molar-refractivity contribution in [3.8, 4) is 0 Å². The summed E-state index contributed by atoms with van der Waals surface area (Å²) in [5, 5.41) is 10.9. The van der Waals surface area contributed by atoms with Gasteiger partial charge < -0.3 is 11.1 Å². The predicted octanol–water partition coefficient (Wildman–Crippen LogP) is 2.49. The maximum Gasteiger partial charge on any atom is 0.0631 e. The molecule has 1 radical (unpaired) electrons. The van der Waals surface area contributed by atoms with Crippen molar-refractivity contribution in [1.29, 1.82) is 0 Å². The fourth-order valence-electron chi connectivity index (χ4n) is 0.791. The predicted molar refractivity (Wildman–Crippen MR) is 52.0 cm³/mol. The Kier molecular flexibility index (Phi) is 8.50. The van der Waals surface area contributed by atoms with Crippen molar-refractivity contribution in [3.63, 3.8) is 0 Å². The third-order valence-electron chi connectivity index (χ3n) is 1.43. The first kappa shape index (κ1) is 13.7. The number of halogens is 1. The van der Waals surface area contributed by atoms with E-state index < -0.39 is 0 Å². The van der Waals surface area contributed by atoms with Crippen LogP contribution in [0.15, 0.2) is 10.7 Å². The second-order valence-corrected chi connectivity index (χ2v) is 3.26. The Morgan fingerprint density at radius 3 is 2.92 bits per heavy atom. The molecule has 0 saturated heterocycles. The Bertz CT molecular complexity index is 228. The molecule has 1 aromatic heterocycles. The van der Waals surface area contributed by atoms with E-state index in [1.54, 1.807) is 6.20 Å². The fourth-order valence-corrected chi connectivity index (χ4v) is 1.11. The van der Waals surface area contributed by atoms with E-state index in [2.05, 4.69) is 31.4 Å². The van der Waals surface area contributed by atoms with Gasteiger partial charge in [-0.1, -0.05) is 6.42 Å².